The first-order valence-electron chi connectivity index (χ1n) is 5.46. The van der Waals surface area contributed by atoms with E-state index in [-0.39, 0.29) is 10.6 Å². The second kappa shape index (κ2) is 7.26. The fourth-order valence-electron chi connectivity index (χ4n) is 1.37. The summed E-state index contributed by atoms with van der Waals surface area (Å²) in [5.74, 6) is 0.481. The SMILES string of the molecule is CCN(CCOCCN)c1nc[nH]c(=O)c1Cl. The normalized spacial score (nSPS) is 10.5. The Labute approximate surface area is 105 Å². The van der Waals surface area contributed by atoms with Gasteiger partial charge in [-0.3, -0.25) is 4.79 Å². The Balaban J connectivity index is 2.66. The van der Waals surface area contributed by atoms with E-state index < -0.39 is 0 Å². The van der Waals surface area contributed by atoms with Gasteiger partial charge in [-0.25, -0.2) is 4.98 Å². The maximum absolute atomic E-state index is 11.3. The van der Waals surface area contributed by atoms with E-state index in [1.165, 1.54) is 6.33 Å². The van der Waals surface area contributed by atoms with Gasteiger partial charge in [-0.1, -0.05) is 11.6 Å². The van der Waals surface area contributed by atoms with Crippen LogP contribution in [0.2, 0.25) is 5.02 Å². The predicted molar refractivity (Wildman–Crippen MR) is 67.6 cm³/mol. The van der Waals surface area contributed by atoms with Gasteiger partial charge < -0.3 is 20.4 Å². The largest absolute Gasteiger partial charge is 0.378 e. The first kappa shape index (κ1) is 14.0. The van der Waals surface area contributed by atoms with Crippen LogP contribution in [-0.2, 0) is 4.74 Å². The number of aromatic amines is 1. The average Bonchev–Trinajstić information content (AvgIpc) is 2.34. The lowest BCUT2D eigenvalue weighted by Crippen LogP contribution is -2.30. The molecule has 7 heteroatoms. The van der Waals surface area contributed by atoms with Crippen molar-refractivity contribution < 1.29 is 4.74 Å². The highest BCUT2D eigenvalue weighted by molar-refractivity contribution is 6.32. The number of nitrogens with two attached hydrogens (primary N) is 1. The van der Waals surface area contributed by atoms with Crippen molar-refractivity contribution in [2.45, 2.75) is 6.92 Å². The van der Waals surface area contributed by atoms with Crippen molar-refractivity contribution in [3.05, 3.63) is 21.7 Å². The Morgan fingerprint density at radius 1 is 1.59 bits per heavy atom. The summed E-state index contributed by atoms with van der Waals surface area (Å²) in [4.78, 5) is 19.7. The van der Waals surface area contributed by atoms with Crippen LogP contribution >= 0.6 is 11.6 Å². The minimum atomic E-state index is -0.335. The van der Waals surface area contributed by atoms with Crippen molar-refractivity contribution in [3.63, 3.8) is 0 Å². The Kier molecular flexibility index (Phi) is 5.96. The molecule has 0 aromatic carbocycles. The Morgan fingerprint density at radius 2 is 2.35 bits per heavy atom. The van der Waals surface area contributed by atoms with E-state index in [9.17, 15) is 4.79 Å². The van der Waals surface area contributed by atoms with Gasteiger partial charge in [0.05, 0.1) is 19.5 Å². The number of hydrogen-bond donors (Lipinski definition) is 2. The smallest absolute Gasteiger partial charge is 0.271 e. The fourth-order valence-corrected chi connectivity index (χ4v) is 1.59. The summed E-state index contributed by atoms with van der Waals surface area (Å²) < 4.78 is 5.28. The molecule has 6 nitrogen and oxygen atoms in total. The van der Waals surface area contributed by atoms with Crippen LogP contribution in [0.15, 0.2) is 11.1 Å². The van der Waals surface area contributed by atoms with Crippen molar-refractivity contribution in [1.29, 1.82) is 0 Å². The Morgan fingerprint density at radius 3 is 3.00 bits per heavy atom. The second-order valence-corrected chi connectivity index (χ2v) is 3.73. The van der Waals surface area contributed by atoms with Crippen molar-refractivity contribution >= 4 is 17.4 Å². The maximum atomic E-state index is 11.3. The van der Waals surface area contributed by atoms with Gasteiger partial charge in [0.2, 0.25) is 0 Å². The van der Waals surface area contributed by atoms with Gasteiger partial charge in [0.15, 0.2) is 5.82 Å². The van der Waals surface area contributed by atoms with Gasteiger partial charge >= 0.3 is 0 Å². The zero-order chi connectivity index (χ0) is 12.7. The van der Waals surface area contributed by atoms with Crippen molar-refractivity contribution in [3.8, 4) is 0 Å². The molecule has 1 aromatic rings. The molecule has 17 heavy (non-hydrogen) atoms. The number of hydrogen-bond acceptors (Lipinski definition) is 5. The number of anilines is 1. The van der Waals surface area contributed by atoms with Gasteiger partial charge in [0, 0.05) is 19.6 Å². The summed E-state index contributed by atoms with van der Waals surface area (Å²) in [6, 6.07) is 0. The molecule has 0 atom stereocenters. The van der Waals surface area contributed by atoms with Crippen LogP contribution in [0.3, 0.4) is 0 Å². The number of nitrogens with zero attached hydrogens (tertiary/aromatic N) is 2. The van der Waals surface area contributed by atoms with Crippen LogP contribution in [0.1, 0.15) is 6.92 Å². The van der Waals surface area contributed by atoms with Crippen LogP contribution in [0, 0.1) is 0 Å². The van der Waals surface area contributed by atoms with E-state index in [1.54, 1.807) is 0 Å². The van der Waals surface area contributed by atoms with Crippen molar-refractivity contribution in [2.24, 2.45) is 5.73 Å². The van der Waals surface area contributed by atoms with Crippen molar-refractivity contribution in [1.82, 2.24) is 9.97 Å². The predicted octanol–water partition coefficient (Wildman–Crippen LogP) is 0.225. The lowest BCUT2D eigenvalue weighted by Gasteiger charge is -2.22. The molecule has 1 rings (SSSR count). The van der Waals surface area contributed by atoms with Crippen LogP contribution in [-0.4, -0.2) is 42.8 Å². The Bertz CT molecular complexity index is 396. The lowest BCUT2D eigenvalue weighted by molar-refractivity contribution is 0.147. The average molecular weight is 261 g/mol. The quantitative estimate of drug-likeness (QED) is 0.686. The molecule has 96 valence electrons. The van der Waals surface area contributed by atoms with Gasteiger partial charge in [-0.05, 0) is 6.92 Å². The number of likely N-dealkylation sites (N-methyl/N-ethyl adjacent to an activating group) is 1. The first-order valence-corrected chi connectivity index (χ1v) is 5.84. The molecule has 1 aromatic heterocycles. The minimum absolute atomic E-state index is 0.105. The number of halogens is 1. The maximum Gasteiger partial charge on any atom is 0.271 e. The molecule has 1 heterocycles. The summed E-state index contributed by atoms with van der Waals surface area (Å²) in [5.41, 5.74) is 4.98. The molecular formula is C10H17ClN4O2. The summed E-state index contributed by atoms with van der Waals surface area (Å²) in [5, 5.41) is 0.105. The summed E-state index contributed by atoms with van der Waals surface area (Å²) >= 11 is 5.90. The number of rotatable bonds is 7. The molecule has 3 N–H and O–H groups in total. The molecular weight excluding hydrogens is 244 g/mol. The third-order valence-electron chi connectivity index (χ3n) is 2.23. The number of H-pyrrole nitrogens is 1. The number of ether oxygens (including phenoxy) is 1. The Hall–Kier alpha value is -1.11. The van der Waals surface area contributed by atoms with Crippen molar-refractivity contribution in [2.75, 3.05) is 37.7 Å². The summed E-state index contributed by atoms with van der Waals surface area (Å²) in [7, 11) is 0. The van der Waals surface area contributed by atoms with Gasteiger partial charge in [-0.2, -0.15) is 0 Å². The topological polar surface area (TPSA) is 84.2 Å². The highest BCUT2D eigenvalue weighted by Crippen LogP contribution is 2.17. The standard InChI is InChI=1S/C10H17ClN4O2/c1-2-15(4-6-17-5-3-12)9-8(11)10(16)14-7-13-9/h7H,2-6,12H2,1H3,(H,13,14,16). The molecule has 0 spiro atoms. The summed E-state index contributed by atoms with van der Waals surface area (Å²) in [6.45, 7) is 4.82. The molecule has 0 amide bonds. The van der Waals surface area contributed by atoms with Gasteiger partial charge in [0.1, 0.15) is 5.02 Å². The van der Waals surface area contributed by atoms with Gasteiger partial charge in [-0.15, -0.1) is 0 Å². The molecule has 0 fully saturated rings. The molecule has 0 aliphatic carbocycles. The van der Waals surface area contributed by atoms with E-state index in [2.05, 4.69) is 9.97 Å². The second-order valence-electron chi connectivity index (χ2n) is 3.35. The molecule has 0 radical (unpaired) electrons. The monoisotopic (exact) mass is 260 g/mol. The highest BCUT2D eigenvalue weighted by Gasteiger charge is 2.12. The lowest BCUT2D eigenvalue weighted by atomic mass is 10.4. The van der Waals surface area contributed by atoms with Crippen LogP contribution in [0.4, 0.5) is 5.82 Å². The summed E-state index contributed by atoms with van der Waals surface area (Å²) in [6.07, 6.45) is 1.34. The van der Waals surface area contributed by atoms with Crippen LogP contribution < -0.4 is 16.2 Å². The van der Waals surface area contributed by atoms with E-state index >= 15 is 0 Å². The molecule has 0 unspecified atom stereocenters. The zero-order valence-corrected chi connectivity index (χ0v) is 10.5. The van der Waals surface area contributed by atoms with E-state index in [0.717, 1.165) is 0 Å². The van der Waals surface area contributed by atoms with E-state index in [1.807, 2.05) is 11.8 Å². The third-order valence-corrected chi connectivity index (χ3v) is 2.57. The molecule has 0 aliphatic heterocycles. The molecule has 0 bridgehead atoms. The van der Waals surface area contributed by atoms with Gasteiger partial charge in [0.25, 0.3) is 5.56 Å². The number of aromatic nitrogens is 2. The minimum Gasteiger partial charge on any atom is -0.378 e. The highest BCUT2D eigenvalue weighted by atomic mass is 35.5. The van der Waals surface area contributed by atoms with E-state index in [0.29, 0.717) is 38.7 Å². The van der Waals surface area contributed by atoms with Crippen LogP contribution in [0.5, 0.6) is 0 Å². The van der Waals surface area contributed by atoms with E-state index in [4.69, 9.17) is 22.1 Å². The van der Waals surface area contributed by atoms with Crippen LogP contribution in [0.25, 0.3) is 0 Å². The molecule has 0 aliphatic rings. The molecule has 0 saturated heterocycles. The fraction of sp³-hybridized carbons (Fsp3) is 0.600. The third kappa shape index (κ3) is 3.99. The first-order chi connectivity index (χ1) is 8.20. The molecule has 0 saturated carbocycles. The number of nitrogens with one attached hydrogen (secondary N) is 1. The zero-order valence-electron chi connectivity index (χ0n) is 9.78.